The molecule has 0 amide bonds. The highest BCUT2D eigenvalue weighted by atomic mass is 32.2. The Morgan fingerprint density at radius 2 is 1.93 bits per heavy atom. The number of para-hydroxylation sites is 1. The molecule has 0 radical (unpaired) electrons. The van der Waals surface area contributed by atoms with Gasteiger partial charge < -0.3 is 4.72 Å². The SMILES string of the molecule is CC(=O)c1ccccc1NS(=O)C(C)C. The lowest BCUT2D eigenvalue weighted by atomic mass is 10.1. The molecule has 0 aromatic heterocycles. The van der Waals surface area contributed by atoms with E-state index in [9.17, 15) is 9.00 Å². The average molecular weight is 225 g/mol. The number of rotatable bonds is 4. The Balaban J connectivity index is 2.94. The number of ketones is 1. The van der Waals surface area contributed by atoms with E-state index in [0.717, 1.165) is 0 Å². The minimum absolute atomic E-state index is 0.0185. The number of benzene rings is 1. The summed E-state index contributed by atoms with van der Waals surface area (Å²) < 4.78 is 14.4. The fourth-order valence-corrected chi connectivity index (χ4v) is 1.74. The molecular weight excluding hydrogens is 210 g/mol. The highest BCUT2D eigenvalue weighted by Crippen LogP contribution is 2.16. The van der Waals surface area contributed by atoms with Gasteiger partial charge in [0.2, 0.25) is 0 Å². The average Bonchev–Trinajstić information content (AvgIpc) is 2.18. The van der Waals surface area contributed by atoms with Gasteiger partial charge in [0.15, 0.2) is 5.78 Å². The van der Waals surface area contributed by atoms with Crippen molar-refractivity contribution in [1.29, 1.82) is 0 Å². The zero-order chi connectivity index (χ0) is 11.4. The Hall–Kier alpha value is -1.16. The first kappa shape index (κ1) is 11.9. The first-order valence-corrected chi connectivity index (χ1v) is 6.01. The summed E-state index contributed by atoms with van der Waals surface area (Å²) in [6.45, 7) is 5.22. The van der Waals surface area contributed by atoms with E-state index < -0.39 is 11.0 Å². The fraction of sp³-hybridized carbons (Fsp3) is 0.364. The molecule has 0 heterocycles. The monoisotopic (exact) mass is 225 g/mol. The molecule has 1 unspecified atom stereocenters. The van der Waals surface area contributed by atoms with Crippen molar-refractivity contribution < 1.29 is 9.00 Å². The Morgan fingerprint density at radius 1 is 1.33 bits per heavy atom. The van der Waals surface area contributed by atoms with Gasteiger partial charge in [0.05, 0.1) is 5.69 Å². The molecule has 0 saturated carbocycles. The zero-order valence-electron chi connectivity index (χ0n) is 9.11. The second-order valence-electron chi connectivity index (χ2n) is 3.55. The molecule has 4 heteroatoms. The van der Waals surface area contributed by atoms with Gasteiger partial charge in [0.25, 0.3) is 0 Å². The number of carbonyl (C=O) groups excluding carboxylic acids is 1. The van der Waals surface area contributed by atoms with E-state index in [1.54, 1.807) is 18.2 Å². The van der Waals surface area contributed by atoms with E-state index in [1.165, 1.54) is 6.92 Å². The molecule has 0 fully saturated rings. The molecule has 0 bridgehead atoms. The Bertz CT molecular complexity index is 388. The van der Waals surface area contributed by atoms with Crippen molar-refractivity contribution in [2.75, 3.05) is 4.72 Å². The lowest BCUT2D eigenvalue weighted by molar-refractivity contribution is 0.101. The first-order chi connectivity index (χ1) is 7.02. The molecule has 1 aromatic carbocycles. The highest BCUT2D eigenvalue weighted by Gasteiger charge is 2.10. The quantitative estimate of drug-likeness (QED) is 0.800. The summed E-state index contributed by atoms with van der Waals surface area (Å²) in [5.74, 6) is -0.0288. The van der Waals surface area contributed by atoms with Crippen LogP contribution in [0.25, 0.3) is 0 Å². The summed E-state index contributed by atoms with van der Waals surface area (Å²) in [4.78, 5) is 11.3. The molecule has 0 spiro atoms. The predicted octanol–water partition coefficient (Wildman–Crippen LogP) is 2.37. The van der Waals surface area contributed by atoms with Crippen LogP contribution >= 0.6 is 0 Å². The van der Waals surface area contributed by atoms with Crippen molar-refractivity contribution in [3.63, 3.8) is 0 Å². The number of nitrogens with one attached hydrogen (secondary N) is 1. The maximum Gasteiger partial charge on any atom is 0.161 e. The minimum atomic E-state index is -1.15. The van der Waals surface area contributed by atoms with E-state index in [4.69, 9.17) is 0 Å². The topological polar surface area (TPSA) is 46.2 Å². The lowest BCUT2D eigenvalue weighted by Crippen LogP contribution is -2.16. The maximum absolute atomic E-state index is 11.6. The molecule has 82 valence electrons. The van der Waals surface area contributed by atoms with Gasteiger partial charge in [-0.2, -0.15) is 0 Å². The Kier molecular flexibility index (Phi) is 4.03. The van der Waals surface area contributed by atoms with E-state index >= 15 is 0 Å². The molecule has 1 aromatic rings. The smallest absolute Gasteiger partial charge is 0.161 e. The molecule has 1 rings (SSSR count). The summed E-state index contributed by atoms with van der Waals surface area (Å²) in [5, 5.41) is 0.0185. The Morgan fingerprint density at radius 3 is 2.47 bits per heavy atom. The van der Waals surface area contributed by atoms with Crippen molar-refractivity contribution in [2.45, 2.75) is 26.0 Å². The third-order valence-corrected chi connectivity index (χ3v) is 3.22. The number of Topliss-reactive ketones (excluding diaryl/α,β-unsaturated/α-hetero) is 1. The second-order valence-corrected chi connectivity index (χ2v) is 5.29. The summed E-state index contributed by atoms with van der Waals surface area (Å²) in [5.41, 5.74) is 1.21. The van der Waals surface area contributed by atoms with Crippen LogP contribution < -0.4 is 4.72 Å². The number of anilines is 1. The fourth-order valence-electron chi connectivity index (χ4n) is 1.11. The minimum Gasteiger partial charge on any atom is -0.304 e. The van der Waals surface area contributed by atoms with Gasteiger partial charge in [-0.15, -0.1) is 0 Å². The van der Waals surface area contributed by atoms with Gasteiger partial charge in [-0.05, 0) is 32.9 Å². The molecule has 1 N–H and O–H groups in total. The molecule has 0 aliphatic heterocycles. The van der Waals surface area contributed by atoms with Crippen LogP contribution in [0.15, 0.2) is 24.3 Å². The first-order valence-electron chi connectivity index (χ1n) is 4.79. The summed E-state index contributed by atoms with van der Waals surface area (Å²) in [6.07, 6.45) is 0. The van der Waals surface area contributed by atoms with Gasteiger partial charge in [0.1, 0.15) is 11.0 Å². The van der Waals surface area contributed by atoms with Crippen LogP contribution in [0.1, 0.15) is 31.1 Å². The van der Waals surface area contributed by atoms with Crippen molar-refractivity contribution in [3.05, 3.63) is 29.8 Å². The molecule has 0 saturated heterocycles. The summed E-state index contributed by atoms with van der Waals surface area (Å²) in [6, 6.07) is 7.09. The zero-order valence-corrected chi connectivity index (χ0v) is 9.93. The van der Waals surface area contributed by atoms with Gasteiger partial charge in [-0.3, -0.25) is 4.79 Å². The van der Waals surface area contributed by atoms with Crippen molar-refractivity contribution in [3.8, 4) is 0 Å². The summed E-state index contributed by atoms with van der Waals surface area (Å²) >= 11 is 0. The largest absolute Gasteiger partial charge is 0.304 e. The molecule has 0 aliphatic carbocycles. The van der Waals surface area contributed by atoms with Crippen LogP contribution in [0.5, 0.6) is 0 Å². The van der Waals surface area contributed by atoms with Crippen LogP contribution in [0.3, 0.4) is 0 Å². The van der Waals surface area contributed by atoms with Crippen LogP contribution in [0.2, 0.25) is 0 Å². The Labute approximate surface area is 92.5 Å². The summed E-state index contributed by atoms with van der Waals surface area (Å²) in [7, 11) is -1.15. The normalized spacial score (nSPS) is 12.5. The van der Waals surface area contributed by atoms with Crippen LogP contribution in [0.4, 0.5) is 5.69 Å². The standard InChI is InChI=1S/C11H15NO2S/c1-8(2)15(14)12-11-7-5-4-6-10(11)9(3)13/h4-8,12H,1-3H3. The van der Waals surface area contributed by atoms with Crippen LogP contribution in [-0.2, 0) is 11.0 Å². The molecule has 3 nitrogen and oxygen atoms in total. The van der Waals surface area contributed by atoms with Gasteiger partial charge >= 0.3 is 0 Å². The number of hydrogen-bond donors (Lipinski definition) is 1. The molecule has 1 atom stereocenters. The predicted molar refractivity (Wildman–Crippen MR) is 63.3 cm³/mol. The molecule has 0 aliphatic rings. The second kappa shape index (κ2) is 5.07. The third-order valence-electron chi connectivity index (χ3n) is 1.95. The van der Waals surface area contributed by atoms with Crippen LogP contribution in [0, 0.1) is 0 Å². The van der Waals surface area contributed by atoms with Crippen molar-refractivity contribution in [2.24, 2.45) is 0 Å². The maximum atomic E-state index is 11.6. The van der Waals surface area contributed by atoms with Gasteiger partial charge in [0, 0.05) is 10.8 Å². The lowest BCUT2D eigenvalue weighted by Gasteiger charge is -2.11. The van der Waals surface area contributed by atoms with E-state index in [2.05, 4.69) is 4.72 Å². The third kappa shape index (κ3) is 3.16. The van der Waals surface area contributed by atoms with Crippen LogP contribution in [-0.4, -0.2) is 15.2 Å². The number of carbonyl (C=O) groups is 1. The van der Waals surface area contributed by atoms with Gasteiger partial charge in [-0.1, -0.05) is 12.1 Å². The molecule has 15 heavy (non-hydrogen) atoms. The molecular formula is C11H15NO2S. The van der Waals surface area contributed by atoms with Crippen molar-refractivity contribution in [1.82, 2.24) is 0 Å². The highest BCUT2D eigenvalue weighted by molar-refractivity contribution is 7.86. The van der Waals surface area contributed by atoms with E-state index in [1.807, 2.05) is 19.9 Å². The van der Waals surface area contributed by atoms with E-state index in [0.29, 0.717) is 11.3 Å². The number of hydrogen-bond acceptors (Lipinski definition) is 2. The van der Waals surface area contributed by atoms with E-state index in [-0.39, 0.29) is 11.0 Å². The van der Waals surface area contributed by atoms with Gasteiger partial charge in [-0.25, -0.2) is 4.21 Å². The van der Waals surface area contributed by atoms with Crippen molar-refractivity contribution >= 4 is 22.5 Å².